The van der Waals surface area contributed by atoms with Gasteiger partial charge in [-0.1, -0.05) is 6.92 Å². The summed E-state index contributed by atoms with van der Waals surface area (Å²) in [6.45, 7) is 4.10. The van der Waals surface area contributed by atoms with Crippen LogP contribution in [0.4, 0.5) is 0 Å². The molecule has 1 aliphatic rings. The summed E-state index contributed by atoms with van der Waals surface area (Å²) in [6, 6.07) is 3.99. The molecule has 1 aromatic carbocycles. The van der Waals surface area contributed by atoms with Crippen LogP contribution in [0.15, 0.2) is 12.1 Å². The van der Waals surface area contributed by atoms with Crippen molar-refractivity contribution in [2.24, 2.45) is 0 Å². The second-order valence-corrected chi connectivity index (χ2v) is 4.10. The molecule has 0 radical (unpaired) electrons. The van der Waals surface area contributed by atoms with E-state index in [-0.39, 0.29) is 0 Å². The monoisotopic (exact) mass is 221 g/mol. The Balaban J connectivity index is 2.54. The molecular formula is C13H19NO2. The van der Waals surface area contributed by atoms with Gasteiger partial charge < -0.3 is 14.8 Å². The first-order valence-electron chi connectivity index (χ1n) is 5.76. The number of rotatable bonds is 3. The van der Waals surface area contributed by atoms with Gasteiger partial charge in [-0.3, -0.25) is 0 Å². The van der Waals surface area contributed by atoms with Crippen molar-refractivity contribution in [2.75, 3.05) is 20.8 Å². The smallest absolute Gasteiger partial charge is 0.123 e. The zero-order valence-corrected chi connectivity index (χ0v) is 10.2. The maximum absolute atomic E-state index is 5.46. The lowest BCUT2D eigenvalue weighted by molar-refractivity contribution is 0.378. The van der Waals surface area contributed by atoms with Gasteiger partial charge in [-0.25, -0.2) is 0 Å². The molecule has 1 unspecified atom stereocenters. The zero-order valence-electron chi connectivity index (χ0n) is 10.2. The van der Waals surface area contributed by atoms with E-state index in [1.807, 2.05) is 12.1 Å². The SMILES string of the molecule is CCC1CNCc2c(OC)ccc(OC)c21. The predicted molar refractivity (Wildman–Crippen MR) is 64.3 cm³/mol. The average Bonchev–Trinajstić information content (AvgIpc) is 2.36. The molecule has 0 bridgehead atoms. The Labute approximate surface area is 96.8 Å². The molecule has 1 atom stereocenters. The molecule has 1 aliphatic heterocycles. The van der Waals surface area contributed by atoms with Gasteiger partial charge in [0.2, 0.25) is 0 Å². The Hall–Kier alpha value is -1.22. The molecule has 16 heavy (non-hydrogen) atoms. The van der Waals surface area contributed by atoms with Gasteiger partial charge in [-0.2, -0.15) is 0 Å². The molecule has 2 rings (SSSR count). The molecule has 3 nitrogen and oxygen atoms in total. The minimum Gasteiger partial charge on any atom is -0.496 e. The lowest BCUT2D eigenvalue weighted by Gasteiger charge is -2.28. The van der Waals surface area contributed by atoms with Crippen LogP contribution in [0.25, 0.3) is 0 Å². The first-order chi connectivity index (χ1) is 7.81. The number of hydrogen-bond donors (Lipinski definition) is 1. The summed E-state index contributed by atoms with van der Waals surface area (Å²) in [4.78, 5) is 0. The number of fused-ring (bicyclic) bond motifs is 1. The predicted octanol–water partition coefficient (Wildman–Crippen LogP) is 2.30. The van der Waals surface area contributed by atoms with Crippen LogP contribution in [0.1, 0.15) is 30.4 Å². The first-order valence-corrected chi connectivity index (χ1v) is 5.76. The maximum Gasteiger partial charge on any atom is 0.123 e. The fourth-order valence-corrected chi connectivity index (χ4v) is 2.44. The Morgan fingerprint density at radius 1 is 1.25 bits per heavy atom. The van der Waals surface area contributed by atoms with Gasteiger partial charge in [0.1, 0.15) is 11.5 Å². The Morgan fingerprint density at radius 3 is 2.56 bits per heavy atom. The molecule has 0 saturated heterocycles. The van der Waals surface area contributed by atoms with E-state index in [0.29, 0.717) is 5.92 Å². The first kappa shape index (κ1) is 11.3. The topological polar surface area (TPSA) is 30.5 Å². The van der Waals surface area contributed by atoms with Crippen LogP contribution >= 0.6 is 0 Å². The second-order valence-electron chi connectivity index (χ2n) is 4.10. The number of methoxy groups -OCH3 is 2. The number of nitrogens with one attached hydrogen (secondary N) is 1. The van der Waals surface area contributed by atoms with Gasteiger partial charge >= 0.3 is 0 Å². The lowest BCUT2D eigenvalue weighted by atomic mass is 9.87. The molecule has 0 amide bonds. The van der Waals surface area contributed by atoms with Crippen LogP contribution in [0.5, 0.6) is 11.5 Å². The molecular weight excluding hydrogens is 202 g/mol. The second kappa shape index (κ2) is 4.74. The van der Waals surface area contributed by atoms with Gasteiger partial charge in [0.25, 0.3) is 0 Å². The zero-order chi connectivity index (χ0) is 11.5. The van der Waals surface area contributed by atoms with Crippen LogP contribution in [0, 0.1) is 0 Å². The highest BCUT2D eigenvalue weighted by Gasteiger charge is 2.25. The van der Waals surface area contributed by atoms with Gasteiger partial charge in [0, 0.05) is 30.1 Å². The maximum atomic E-state index is 5.46. The third kappa shape index (κ3) is 1.76. The van der Waals surface area contributed by atoms with Crippen molar-refractivity contribution in [3.63, 3.8) is 0 Å². The summed E-state index contributed by atoms with van der Waals surface area (Å²) in [5.41, 5.74) is 2.57. The molecule has 1 N–H and O–H groups in total. The van der Waals surface area contributed by atoms with Gasteiger partial charge in [0.05, 0.1) is 14.2 Å². The summed E-state index contributed by atoms with van der Waals surface area (Å²) in [5.74, 6) is 2.47. The molecule has 0 aromatic heterocycles. The third-order valence-corrected chi connectivity index (χ3v) is 3.31. The molecule has 1 aromatic rings. The van der Waals surface area contributed by atoms with E-state index in [1.165, 1.54) is 11.1 Å². The molecule has 0 fully saturated rings. The van der Waals surface area contributed by atoms with Crippen molar-refractivity contribution in [1.82, 2.24) is 5.32 Å². The standard InChI is InChI=1S/C13H19NO2/c1-4-9-7-14-8-10-11(15-2)5-6-12(16-3)13(9)10/h5-6,9,14H,4,7-8H2,1-3H3. The lowest BCUT2D eigenvalue weighted by Crippen LogP contribution is -2.28. The van der Waals surface area contributed by atoms with Crippen molar-refractivity contribution in [1.29, 1.82) is 0 Å². The fourth-order valence-electron chi connectivity index (χ4n) is 2.44. The van der Waals surface area contributed by atoms with Gasteiger partial charge in [0.15, 0.2) is 0 Å². The summed E-state index contributed by atoms with van der Waals surface area (Å²) in [5, 5.41) is 3.43. The minimum atomic E-state index is 0.522. The molecule has 0 aliphatic carbocycles. The molecule has 0 saturated carbocycles. The van der Waals surface area contributed by atoms with Crippen molar-refractivity contribution >= 4 is 0 Å². The Morgan fingerprint density at radius 2 is 1.94 bits per heavy atom. The molecule has 88 valence electrons. The van der Waals surface area contributed by atoms with E-state index in [1.54, 1.807) is 14.2 Å². The van der Waals surface area contributed by atoms with Crippen molar-refractivity contribution < 1.29 is 9.47 Å². The minimum absolute atomic E-state index is 0.522. The molecule has 3 heteroatoms. The van der Waals surface area contributed by atoms with Crippen molar-refractivity contribution in [3.05, 3.63) is 23.3 Å². The number of ether oxygens (including phenoxy) is 2. The molecule has 0 spiro atoms. The Kier molecular flexibility index (Phi) is 3.34. The van der Waals surface area contributed by atoms with Crippen LogP contribution in [-0.4, -0.2) is 20.8 Å². The molecule has 1 heterocycles. The van der Waals surface area contributed by atoms with Crippen molar-refractivity contribution in [3.8, 4) is 11.5 Å². The van der Waals surface area contributed by atoms with E-state index in [9.17, 15) is 0 Å². The highest BCUT2D eigenvalue weighted by molar-refractivity contribution is 5.51. The van der Waals surface area contributed by atoms with E-state index in [0.717, 1.165) is 31.0 Å². The number of hydrogen-bond acceptors (Lipinski definition) is 3. The largest absolute Gasteiger partial charge is 0.496 e. The van der Waals surface area contributed by atoms with Crippen LogP contribution < -0.4 is 14.8 Å². The number of benzene rings is 1. The van der Waals surface area contributed by atoms with Gasteiger partial charge in [-0.05, 0) is 18.6 Å². The summed E-state index contributed by atoms with van der Waals surface area (Å²) in [6.07, 6.45) is 1.11. The summed E-state index contributed by atoms with van der Waals surface area (Å²) < 4.78 is 10.9. The van der Waals surface area contributed by atoms with E-state index in [2.05, 4.69) is 12.2 Å². The van der Waals surface area contributed by atoms with E-state index < -0.39 is 0 Å². The van der Waals surface area contributed by atoms with Crippen LogP contribution in [-0.2, 0) is 6.54 Å². The Bertz CT molecular complexity index is 376. The quantitative estimate of drug-likeness (QED) is 0.849. The normalized spacial score (nSPS) is 19.1. The third-order valence-electron chi connectivity index (χ3n) is 3.31. The van der Waals surface area contributed by atoms with Gasteiger partial charge in [-0.15, -0.1) is 0 Å². The fraction of sp³-hybridized carbons (Fsp3) is 0.538. The van der Waals surface area contributed by atoms with Crippen LogP contribution in [0.2, 0.25) is 0 Å². The van der Waals surface area contributed by atoms with E-state index >= 15 is 0 Å². The highest BCUT2D eigenvalue weighted by Crippen LogP contribution is 2.39. The van der Waals surface area contributed by atoms with Crippen LogP contribution in [0.3, 0.4) is 0 Å². The van der Waals surface area contributed by atoms with Crippen molar-refractivity contribution in [2.45, 2.75) is 25.8 Å². The highest BCUT2D eigenvalue weighted by atomic mass is 16.5. The summed E-state index contributed by atoms with van der Waals surface area (Å²) in [7, 11) is 3.45. The average molecular weight is 221 g/mol. The van der Waals surface area contributed by atoms with E-state index in [4.69, 9.17) is 9.47 Å². The summed E-state index contributed by atoms with van der Waals surface area (Å²) >= 11 is 0.